The summed E-state index contributed by atoms with van der Waals surface area (Å²) >= 11 is 0. The highest BCUT2D eigenvalue weighted by Crippen LogP contribution is 2.26. The van der Waals surface area contributed by atoms with Crippen LogP contribution in [-0.2, 0) is 24.3 Å². The molecule has 0 atom stereocenters. The van der Waals surface area contributed by atoms with Gasteiger partial charge in [0.15, 0.2) is 12.4 Å². The molecule has 190 valence electrons. The van der Waals surface area contributed by atoms with Crippen LogP contribution < -0.4 is 5.32 Å². The molecule has 4 aromatic rings. The largest absolute Gasteiger partial charge is 0.463 e. The van der Waals surface area contributed by atoms with Gasteiger partial charge >= 0.3 is 5.97 Å². The first-order valence-electron chi connectivity index (χ1n) is 11.5. The Labute approximate surface area is 212 Å². The number of sulfonamides is 1. The first-order chi connectivity index (χ1) is 17.9. The number of furan rings is 1. The number of fused-ring (bicyclic) bond motifs is 1. The summed E-state index contributed by atoms with van der Waals surface area (Å²) in [5, 5.41) is 3.19. The molecule has 0 unspecified atom stereocenters. The molecule has 1 amide bonds. The van der Waals surface area contributed by atoms with Crippen molar-refractivity contribution in [1.82, 2.24) is 9.29 Å². The maximum atomic E-state index is 12.9. The summed E-state index contributed by atoms with van der Waals surface area (Å²) < 4.78 is 42.7. The predicted molar refractivity (Wildman–Crippen MR) is 134 cm³/mol. The van der Waals surface area contributed by atoms with Gasteiger partial charge in [-0.1, -0.05) is 18.2 Å². The minimum atomic E-state index is -3.64. The van der Waals surface area contributed by atoms with Crippen LogP contribution in [0.15, 0.2) is 82.3 Å². The number of amides is 1. The van der Waals surface area contributed by atoms with Gasteiger partial charge in [-0.15, -0.1) is 0 Å². The van der Waals surface area contributed by atoms with Gasteiger partial charge in [-0.25, -0.2) is 18.2 Å². The Kier molecular flexibility index (Phi) is 6.99. The zero-order chi connectivity index (χ0) is 25.8. The Balaban J connectivity index is 1.24. The minimum absolute atomic E-state index is 0.121. The van der Waals surface area contributed by atoms with Gasteiger partial charge in [-0.3, -0.25) is 4.79 Å². The second kappa shape index (κ2) is 10.5. The van der Waals surface area contributed by atoms with Crippen molar-refractivity contribution in [3.05, 3.63) is 78.6 Å². The average Bonchev–Trinajstić information content (AvgIpc) is 3.47. The van der Waals surface area contributed by atoms with Crippen LogP contribution in [-0.4, -0.2) is 62.5 Å². The quantitative estimate of drug-likeness (QED) is 0.367. The lowest BCUT2D eigenvalue weighted by Gasteiger charge is -2.26. The van der Waals surface area contributed by atoms with Gasteiger partial charge in [0.05, 0.1) is 35.5 Å². The Morgan fingerprint density at radius 2 is 1.76 bits per heavy atom. The molecule has 2 aromatic carbocycles. The zero-order valence-electron chi connectivity index (χ0n) is 19.6. The first kappa shape index (κ1) is 24.6. The average molecular weight is 522 g/mol. The number of carbonyl (C=O) groups is 2. The van der Waals surface area contributed by atoms with Gasteiger partial charge in [-0.05, 0) is 48.5 Å². The molecular formula is C26H23N3O7S. The van der Waals surface area contributed by atoms with Crippen molar-refractivity contribution < 1.29 is 31.9 Å². The Bertz CT molecular complexity index is 1530. The fourth-order valence-corrected chi connectivity index (χ4v) is 5.35. The van der Waals surface area contributed by atoms with Crippen molar-refractivity contribution in [2.24, 2.45) is 0 Å². The second-order valence-corrected chi connectivity index (χ2v) is 10.2. The van der Waals surface area contributed by atoms with Crippen molar-refractivity contribution in [3.8, 4) is 11.5 Å². The van der Waals surface area contributed by atoms with Crippen molar-refractivity contribution in [3.63, 3.8) is 0 Å². The van der Waals surface area contributed by atoms with Gasteiger partial charge in [0.2, 0.25) is 10.0 Å². The molecule has 5 rings (SSSR count). The van der Waals surface area contributed by atoms with E-state index >= 15 is 0 Å². The molecule has 0 spiro atoms. The fraction of sp³-hybridized carbons (Fsp3) is 0.192. The highest BCUT2D eigenvalue weighted by Gasteiger charge is 2.26. The van der Waals surface area contributed by atoms with Crippen LogP contribution in [0.2, 0.25) is 0 Å². The maximum absolute atomic E-state index is 12.9. The van der Waals surface area contributed by atoms with Gasteiger partial charge in [0.1, 0.15) is 5.69 Å². The number of carbonyl (C=O) groups excluding carboxylic acids is 2. The van der Waals surface area contributed by atoms with E-state index in [4.69, 9.17) is 13.9 Å². The molecule has 0 aliphatic carbocycles. The van der Waals surface area contributed by atoms with Crippen LogP contribution >= 0.6 is 0 Å². The van der Waals surface area contributed by atoms with E-state index < -0.39 is 28.5 Å². The Morgan fingerprint density at radius 3 is 2.49 bits per heavy atom. The molecule has 1 saturated heterocycles. The number of rotatable bonds is 7. The molecule has 10 nitrogen and oxygen atoms in total. The molecule has 0 bridgehead atoms. The van der Waals surface area contributed by atoms with Crippen molar-refractivity contribution in [2.45, 2.75) is 4.90 Å². The molecule has 0 saturated carbocycles. The van der Waals surface area contributed by atoms with Gasteiger partial charge in [0, 0.05) is 24.2 Å². The third-order valence-electron chi connectivity index (χ3n) is 5.79. The number of para-hydroxylation sites is 1. The van der Waals surface area contributed by atoms with Crippen LogP contribution in [0.5, 0.6) is 0 Å². The van der Waals surface area contributed by atoms with Crippen LogP contribution in [0.25, 0.3) is 22.4 Å². The highest BCUT2D eigenvalue weighted by molar-refractivity contribution is 7.89. The third kappa shape index (κ3) is 5.38. The van der Waals surface area contributed by atoms with Gasteiger partial charge in [-0.2, -0.15) is 4.31 Å². The third-order valence-corrected chi connectivity index (χ3v) is 7.70. The lowest BCUT2D eigenvalue weighted by Crippen LogP contribution is -2.40. The van der Waals surface area contributed by atoms with Crippen LogP contribution in [0.3, 0.4) is 0 Å². The minimum Gasteiger partial charge on any atom is -0.463 e. The number of hydrogen-bond donors (Lipinski definition) is 1. The van der Waals surface area contributed by atoms with E-state index in [0.29, 0.717) is 54.3 Å². The normalized spacial score (nSPS) is 14.4. The summed E-state index contributed by atoms with van der Waals surface area (Å²) in [5.41, 5.74) is 1.67. The lowest BCUT2D eigenvalue weighted by molar-refractivity contribution is -0.119. The molecule has 1 aliphatic heterocycles. The Morgan fingerprint density at radius 1 is 1.00 bits per heavy atom. The number of aromatic nitrogens is 1. The van der Waals surface area contributed by atoms with E-state index in [2.05, 4.69) is 10.3 Å². The molecular weight excluding hydrogens is 498 g/mol. The lowest BCUT2D eigenvalue weighted by atomic mass is 10.1. The number of hydrogen-bond acceptors (Lipinski definition) is 8. The van der Waals surface area contributed by atoms with Crippen molar-refractivity contribution in [1.29, 1.82) is 0 Å². The van der Waals surface area contributed by atoms with Gasteiger partial charge in [0.25, 0.3) is 5.91 Å². The number of esters is 1. The van der Waals surface area contributed by atoms with E-state index in [1.54, 1.807) is 42.5 Å². The Hall–Kier alpha value is -4.06. The van der Waals surface area contributed by atoms with Crippen molar-refractivity contribution in [2.75, 3.05) is 38.2 Å². The van der Waals surface area contributed by atoms with E-state index in [1.807, 2.05) is 0 Å². The number of nitrogens with one attached hydrogen (secondary N) is 1. The number of pyridine rings is 1. The predicted octanol–water partition coefficient (Wildman–Crippen LogP) is 3.31. The smallest absolute Gasteiger partial charge is 0.339 e. The van der Waals surface area contributed by atoms with Gasteiger partial charge < -0.3 is 19.2 Å². The number of nitrogens with zero attached hydrogens (tertiary/aromatic N) is 2. The van der Waals surface area contributed by atoms with Crippen LogP contribution in [0.4, 0.5) is 5.69 Å². The molecule has 0 radical (unpaired) electrons. The number of anilines is 1. The molecule has 2 aromatic heterocycles. The summed E-state index contributed by atoms with van der Waals surface area (Å²) in [6.07, 6.45) is 1.51. The molecule has 1 aliphatic rings. The van der Waals surface area contributed by atoms with E-state index in [0.717, 1.165) is 0 Å². The van der Waals surface area contributed by atoms with Crippen LogP contribution in [0, 0.1) is 0 Å². The number of ether oxygens (including phenoxy) is 2. The second-order valence-electron chi connectivity index (χ2n) is 8.21. The number of morpholine rings is 1. The summed E-state index contributed by atoms with van der Waals surface area (Å²) in [6, 6.07) is 17.9. The summed E-state index contributed by atoms with van der Waals surface area (Å²) in [4.78, 5) is 30.0. The molecule has 37 heavy (non-hydrogen) atoms. The zero-order valence-corrected chi connectivity index (χ0v) is 20.4. The SMILES string of the molecule is O=C(COC(=O)c1cc(-c2ccco2)nc2ccccc12)Nc1ccc(S(=O)(=O)N2CCOCC2)cc1. The molecule has 1 fully saturated rings. The van der Waals surface area contributed by atoms with Crippen LogP contribution in [0.1, 0.15) is 10.4 Å². The van der Waals surface area contributed by atoms with E-state index in [9.17, 15) is 18.0 Å². The summed E-state index contributed by atoms with van der Waals surface area (Å²) in [6.45, 7) is 0.764. The number of benzene rings is 2. The highest BCUT2D eigenvalue weighted by atomic mass is 32.2. The van der Waals surface area contributed by atoms with E-state index in [-0.39, 0.29) is 10.5 Å². The topological polar surface area (TPSA) is 128 Å². The molecule has 11 heteroatoms. The fourth-order valence-electron chi connectivity index (χ4n) is 3.95. The standard InChI is InChI=1S/C26H23N3O7S/c30-25(27-18-7-9-19(10-8-18)37(32,33)29-11-14-34-15-12-29)17-36-26(31)21-16-23(24-6-3-13-35-24)28-22-5-2-1-4-20(21)22/h1-10,13,16H,11-12,14-15,17H2,(H,27,30). The van der Waals surface area contributed by atoms with E-state index in [1.165, 1.54) is 34.8 Å². The first-order valence-corrected chi connectivity index (χ1v) is 12.9. The summed E-state index contributed by atoms with van der Waals surface area (Å²) in [5.74, 6) is -0.758. The molecule has 1 N–H and O–H groups in total. The molecule has 3 heterocycles. The maximum Gasteiger partial charge on any atom is 0.339 e. The summed E-state index contributed by atoms with van der Waals surface area (Å²) in [7, 11) is -3.64. The van der Waals surface area contributed by atoms with Crippen molar-refractivity contribution >= 4 is 38.5 Å². The monoisotopic (exact) mass is 521 g/mol.